The summed E-state index contributed by atoms with van der Waals surface area (Å²) in [7, 11) is 0. The summed E-state index contributed by atoms with van der Waals surface area (Å²) in [6.45, 7) is 0.0164. The van der Waals surface area contributed by atoms with Gasteiger partial charge in [0.15, 0.2) is 11.6 Å². The molecular weight excluding hydrogens is 263 g/mol. The summed E-state index contributed by atoms with van der Waals surface area (Å²) in [5, 5.41) is 14.1. The monoisotopic (exact) mass is 273 g/mol. The van der Waals surface area contributed by atoms with Gasteiger partial charge in [0.25, 0.3) is 0 Å². The predicted molar refractivity (Wildman–Crippen MR) is 64.1 cm³/mol. The zero-order chi connectivity index (χ0) is 13.1. The molecule has 0 saturated carbocycles. The van der Waals surface area contributed by atoms with Crippen LogP contribution in [0.4, 0.5) is 18.9 Å². The topological polar surface area (TPSA) is 32.3 Å². The Labute approximate surface area is 106 Å². The van der Waals surface area contributed by atoms with E-state index in [4.69, 9.17) is 0 Å². The lowest BCUT2D eigenvalue weighted by Crippen LogP contribution is -2.12. The standard InChI is InChI=1S/C12H10F3NOS/c13-7-4-9(15)10(5-8(7)14)16-6-11(17)12-2-1-3-18-12/h1-5,11,16-17H,6H2. The first-order chi connectivity index (χ1) is 8.58. The molecule has 1 aromatic carbocycles. The first-order valence-corrected chi connectivity index (χ1v) is 6.06. The minimum Gasteiger partial charge on any atom is -0.386 e. The first-order valence-electron chi connectivity index (χ1n) is 5.18. The Morgan fingerprint density at radius 1 is 1.17 bits per heavy atom. The van der Waals surface area contributed by atoms with Crippen LogP contribution in [0.15, 0.2) is 29.6 Å². The van der Waals surface area contributed by atoms with Gasteiger partial charge in [0.2, 0.25) is 0 Å². The Kier molecular flexibility index (Phi) is 3.88. The third-order valence-electron chi connectivity index (χ3n) is 2.37. The number of hydrogen-bond acceptors (Lipinski definition) is 3. The van der Waals surface area contributed by atoms with Gasteiger partial charge in [0, 0.05) is 23.6 Å². The van der Waals surface area contributed by atoms with Crippen molar-refractivity contribution in [2.45, 2.75) is 6.10 Å². The van der Waals surface area contributed by atoms with Gasteiger partial charge in [-0.15, -0.1) is 11.3 Å². The Morgan fingerprint density at radius 3 is 2.56 bits per heavy atom. The van der Waals surface area contributed by atoms with E-state index in [1.165, 1.54) is 11.3 Å². The maximum absolute atomic E-state index is 13.3. The van der Waals surface area contributed by atoms with Crippen molar-refractivity contribution in [3.63, 3.8) is 0 Å². The molecule has 0 aliphatic rings. The van der Waals surface area contributed by atoms with Crippen molar-refractivity contribution in [3.05, 3.63) is 52.0 Å². The molecule has 0 aliphatic carbocycles. The van der Waals surface area contributed by atoms with E-state index in [0.29, 0.717) is 10.9 Å². The molecule has 1 heterocycles. The van der Waals surface area contributed by atoms with Gasteiger partial charge in [-0.1, -0.05) is 6.07 Å². The van der Waals surface area contributed by atoms with E-state index in [1.54, 1.807) is 17.5 Å². The lowest BCUT2D eigenvalue weighted by Gasteiger charge is -2.12. The summed E-state index contributed by atoms with van der Waals surface area (Å²) in [6.07, 6.45) is -0.822. The second-order valence-electron chi connectivity index (χ2n) is 3.66. The van der Waals surface area contributed by atoms with Crippen molar-refractivity contribution in [3.8, 4) is 0 Å². The van der Waals surface area contributed by atoms with Gasteiger partial charge >= 0.3 is 0 Å². The van der Waals surface area contributed by atoms with Gasteiger partial charge in [-0.3, -0.25) is 0 Å². The molecule has 0 radical (unpaired) electrons. The number of aliphatic hydroxyl groups is 1. The third-order valence-corrected chi connectivity index (χ3v) is 3.34. The van der Waals surface area contributed by atoms with Gasteiger partial charge in [0.1, 0.15) is 11.9 Å². The second-order valence-corrected chi connectivity index (χ2v) is 4.64. The normalized spacial score (nSPS) is 12.4. The van der Waals surface area contributed by atoms with E-state index in [1.807, 2.05) is 0 Å². The molecule has 0 fully saturated rings. The number of rotatable bonds is 4. The molecule has 2 nitrogen and oxygen atoms in total. The van der Waals surface area contributed by atoms with E-state index in [-0.39, 0.29) is 12.2 Å². The van der Waals surface area contributed by atoms with Crippen molar-refractivity contribution >= 4 is 17.0 Å². The largest absolute Gasteiger partial charge is 0.386 e. The number of anilines is 1. The Hall–Kier alpha value is -1.53. The summed E-state index contributed by atoms with van der Waals surface area (Å²) in [4.78, 5) is 0.713. The number of nitrogens with one attached hydrogen (secondary N) is 1. The molecule has 1 unspecified atom stereocenters. The smallest absolute Gasteiger partial charge is 0.161 e. The van der Waals surface area contributed by atoms with E-state index < -0.39 is 23.6 Å². The molecule has 18 heavy (non-hydrogen) atoms. The highest BCUT2D eigenvalue weighted by Gasteiger charge is 2.12. The van der Waals surface area contributed by atoms with Crippen LogP contribution in [0.25, 0.3) is 0 Å². The fourth-order valence-corrected chi connectivity index (χ4v) is 2.16. The van der Waals surface area contributed by atoms with Crippen molar-refractivity contribution < 1.29 is 18.3 Å². The molecule has 0 spiro atoms. The second kappa shape index (κ2) is 5.41. The van der Waals surface area contributed by atoms with Crippen molar-refractivity contribution in [2.24, 2.45) is 0 Å². The minimum atomic E-state index is -1.24. The molecule has 0 aliphatic heterocycles. The maximum atomic E-state index is 13.3. The summed E-state index contributed by atoms with van der Waals surface area (Å²) < 4.78 is 38.9. The summed E-state index contributed by atoms with van der Waals surface area (Å²) in [5.41, 5.74) is -0.176. The highest BCUT2D eigenvalue weighted by molar-refractivity contribution is 7.10. The molecule has 1 atom stereocenters. The van der Waals surface area contributed by atoms with Crippen LogP contribution in [0, 0.1) is 17.5 Å². The van der Waals surface area contributed by atoms with Crippen molar-refractivity contribution in [1.82, 2.24) is 0 Å². The summed E-state index contributed by atoms with van der Waals surface area (Å²) in [6, 6.07) is 4.71. The van der Waals surface area contributed by atoms with Gasteiger partial charge in [-0.2, -0.15) is 0 Å². The van der Waals surface area contributed by atoms with Crippen molar-refractivity contribution in [1.29, 1.82) is 0 Å². The Morgan fingerprint density at radius 2 is 1.89 bits per heavy atom. The molecule has 0 amide bonds. The van der Waals surface area contributed by atoms with E-state index in [0.717, 1.165) is 6.07 Å². The molecule has 2 rings (SSSR count). The van der Waals surface area contributed by atoms with Crippen LogP contribution in [0.2, 0.25) is 0 Å². The van der Waals surface area contributed by atoms with Crippen LogP contribution in [-0.4, -0.2) is 11.7 Å². The predicted octanol–water partition coefficient (Wildman–Crippen LogP) is 3.31. The van der Waals surface area contributed by atoms with Crippen LogP contribution in [-0.2, 0) is 0 Å². The zero-order valence-electron chi connectivity index (χ0n) is 9.16. The highest BCUT2D eigenvalue weighted by Crippen LogP contribution is 2.22. The molecule has 2 aromatic rings. The summed E-state index contributed by atoms with van der Waals surface area (Å²) >= 11 is 1.36. The lowest BCUT2D eigenvalue weighted by molar-refractivity contribution is 0.195. The van der Waals surface area contributed by atoms with Gasteiger partial charge in [-0.25, -0.2) is 13.2 Å². The van der Waals surface area contributed by atoms with E-state index in [2.05, 4.69) is 5.32 Å². The third kappa shape index (κ3) is 2.83. The van der Waals surface area contributed by atoms with Gasteiger partial charge in [0.05, 0.1) is 5.69 Å². The number of aliphatic hydroxyl groups excluding tert-OH is 1. The van der Waals surface area contributed by atoms with Crippen LogP contribution >= 0.6 is 11.3 Å². The molecular formula is C12H10F3NOS. The number of halogens is 3. The van der Waals surface area contributed by atoms with Gasteiger partial charge < -0.3 is 10.4 Å². The number of hydrogen-bond donors (Lipinski definition) is 2. The first kappa shape index (κ1) is 12.9. The molecule has 0 saturated heterocycles. The fourth-order valence-electron chi connectivity index (χ4n) is 1.45. The highest BCUT2D eigenvalue weighted by atomic mass is 32.1. The van der Waals surface area contributed by atoms with Crippen molar-refractivity contribution in [2.75, 3.05) is 11.9 Å². The lowest BCUT2D eigenvalue weighted by atomic mass is 10.2. The van der Waals surface area contributed by atoms with Crippen LogP contribution in [0.1, 0.15) is 11.0 Å². The van der Waals surface area contributed by atoms with Gasteiger partial charge in [-0.05, 0) is 11.4 Å². The minimum absolute atomic E-state index is 0.0164. The van der Waals surface area contributed by atoms with Crippen LogP contribution < -0.4 is 5.32 Å². The maximum Gasteiger partial charge on any atom is 0.161 e. The summed E-state index contributed by atoms with van der Waals surface area (Å²) in [5.74, 6) is -3.27. The Balaban J connectivity index is 2.04. The number of thiophene rings is 1. The van der Waals surface area contributed by atoms with E-state index in [9.17, 15) is 18.3 Å². The molecule has 0 bridgehead atoms. The Bertz CT molecular complexity index is 530. The van der Waals surface area contributed by atoms with E-state index >= 15 is 0 Å². The molecule has 2 N–H and O–H groups in total. The zero-order valence-corrected chi connectivity index (χ0v) is 9.98. The molecule has 6 heteroatoms. The molecule has 1 aromatic heterocycles. The average molecular weight is 273 g/mol. The fraction of sp³-hybridized carbons (Fsp3) is 0.167. The molecule has 96 valence electrons. The quantitative estimate of drug-likeness (QED) is 0.838. The van der Waals surface area contributed by atoms with Crippen LogP contribution in [0.3, 0.4) is 0 Å². The SMILES string of the molecule is OC(CNc1cc(F)c(F)cc1F)c1cccs1. The number of benzene rings is 1. The average Bonchev–Trinajstić information content (AvgIpc) is 2.85. The van der Waals surface area contributed by atoms with Crippen LogP contribution in [0.5, 0.6) is 0 Å².